The number of hydrogen-bond acceptors (Lipinski definition) is 4. The average molecular weight is 192 g/mol. The number of aliphatic hydroxyl groups is 1. The zero-order valence-corrected chi connectivity index (χ0v) is 7.67. The van der Waals surface area contributed by atoms with Crippen molar-refractivity contribution in [2.24, 2.45) is 0 Å². The van der Waals surface area contributed by atoms with E-state index in [1.54, 1.807) is 12.2 Å². The zero-order chi connectivity index (χ0) is 9.24. The van der Waals surface area contributed by atoms with Crippen LogP contribution in [-0.2, 0) is 14.3 Å². The summed E-state index contributed by atoms with van der Waals surface area (Å²) in [6.07, 6.45) is 5.67. The van der Waals surface area contributed by atoms with Crippen LogP contribution < -0.4 is 0 Å². The Morgan fingerprint density at radius 2 is 2.33 bits per heavy atom. The SMILES string of the molecule is CS(=O)(=O)O[C@@]1(CO)C=CCC1. The Hall–Kier alpha value is -0.390. The Labute approximate surface area is 72.0 Å². The van der Waals surface area contributed by atoms with Gasteiger partial charge in [-0.25, -0.2) is 0 Å². The van der Waals surface area contributed by atoms with Crippen molar-refractivity contribution in [1.29, 1.82) is 0 Å². The molecule has 0 aromatic heterocycles. The third kappa shape index (κ3) is 2.30. The molecule has 0 fully saturated rings. The lowest BCUT2D eigenvalue weighted by Crippen LogP contribution is -2.34. The maximum absolute atomic E-state index is 10.8. The van der Waals surface area contributed by atoms with E-state index in [1.807, 2.05) is 0 Å². The van der Waals surface area contributed by atoms with Crippen LogP contribution in [0.3, 0.4) is 0 Å². The normalized spacial score (nSPS) is 29.5. The van der Waals surface area contributed by atoms with E-state index in [1.165, 1.54) is 0 Å². The van der Waals surface area contributed by atoms with Gasteiger partial charge in [-0.1, -0.05) is 12.2 Å². The van der Waals surface area contributed by atoms with Crippen LogP contribution in [0.5, 0.6) is 0 Å². The third-order valence-corrected chi connectivity index (χ3v) is 2.38. The second-order valence-corrected chi connectivity index (χ2v) is 4.53. The molecule has 4 nitrogen and oxygen atoms in total. The maximum atomic E-state index is 10.8. The predicted molar refractivity (Wildman–Crippen MR) is 44.1 cm³/mol. The lowest BCUT2D eigenvalue weighted by molar-refractivity contribution is 0.0569. The number of rotatable bonds is 3. The van der Waals surface area contributed by atoms with E-state index in [0.717, 1.165) is 12.7 Å². The third-order valence-electron chi connectivity index (χ3n) is 1.74. The number of hydrogen-bond donors (Lipinski definition) is 1. The molecule has 0 aliphatic heterocycles. The Balaban J connectivity index is 2.76. The van der Waals surface area contributed by atoms with Crippen LogP contribution in [0, 0.1) is 0 Å². The van der Waals surface area contributed by atoms with Crippen LogP contribution in [0.2, 0.25) is 0 Å². The van der Waals surface area contributed by atoms with Crippen molar-refractivity contribution in [1.82, 2.24) is 0 Å². The van der Waals surface area contributed by atoms with Gasteiger partial charge in [-0.3, -0.25) is 4.18 Å². The van der Waals surface area contributed by atoms with E-state index in [9.17, 15) is 8.42 Å². The van der Waals surface area contributed by atoms with Gasteiger partial charge in [0.05, 0.1) is 12.9 Å². The summed E-state index contributed by atoms with van der Waals surface area (Å²) in [6.45, 7) is -0.295. The van der Waals surface area contributed by atoms with E-state index in [-0.39, 0.29) is 6.61 Å². The molecule has 1 aliphatic rings. The summed E-state index contributed by atoms with van der Waals surface area (Å²) in [5.74, 6) is 0. The second kappa shape index (κ2) is 3.16. The minimum absolute atomic E-state index is 0.295. The van der Waals surface area contributed by atoms with Crippen LogP contribution in [0.25, 0.3) is 0 Å². The van der Waals surface area contributed by atoms with Gasteiger partial charge in [0.2, 0.25) is 0 Å². The highest BCUT2D eigenvalue weighted by atomic mass is 32.2. The van der Waals surface area contributed by atoms with Gasteiger partial charge >= 0.3 is 0 Å². The van der Waals surface area contributed by atoms with Crippen molar-refractivity contribution in [3.05, 3.63) is 12.2 Å². The maximum Gasteiger partial charge on any atom is 0.265 e. The first-order valence-corrected chi connectivity index (χ1v) is 5.48. The molecule has 5 heteroatoms. The molecular formula is C7H12O4S. The molecule has 70 valence electrons. The van der Waals surface area contributed by atoms with Gasteiger partial charge in [0, 0.05) is 0 Å². The molecule has 0 spiro atoms. The molecule has 0 amide bonds. The van der Waals surface area contributed by atoms with E-state index in [2.05, 4.69) is 0 Å². The zero-order valence-electron chi connectivity index (χ0n) is 6.86. The van der Waals surface area contributed by atoms with Crippen LogP contribution in [0.4, 0.5) is 0 Å². The van der Waals surface area contributed by atoms with E-state index < -0.39 is 15.7 Å². The molecule has 1 rings (SSSR count). The van der Waals surface area contributed by atoms with Gasteiger partial charge in [0.1, 0.15) is 5.60 Å². The van der Waals surface area contributed by atoms with Crippen LogP contribution in [0.1, 0.15) is 12.8 Å². The fraction of sp³-hybridized carbons (Fsp3) is 0.714. The predicted octanol–water partition coefficient (Wildman–Crippen LogP) is 0.0437. The van der Waals surface area contributed by atoms with E-state index in [0.29, 0.717) is 6.42 Å². The molecule has 1 N–H and O–H groups in total. The summed E-state index contributed by atoms with van der Waals surface area (Å²) >= 11 is 0. The monoisotopic (exact) mass is 192 g/mol. The summed E-state index contributed by atoms with van der Waals surface area (Å²) in [5, 5.41) is 8.94. The fourth-order valence-corrected chi connectivity index (χ4v) is 2.03. The molecule has 0 aromatic rings. The van der Waals surface area contributed by atoms with Crippen molar-refractivity contribution in [3.63, 3.8) is 0 Å². The molecule has 0 aromatic carbocycles. The quantitative estimate of drug-likeness (QED) is 0.506. The minimum atomic E-state index is -3.49. The van der Waals surface area contributed by atoms with Crippen LogP contribution >= 0.6 is 0 Å². The summed E-state index contributed by atoms with van der Waals surface area (Å²) in [7, 11) is -3.49. The number of allylic oxidation sites excluding steroid dienone is 1. The molecule has 0 bridgehead atoms. The Kier molecular flexibility index (Phi) is 2.55. The van der Waals surface area contributed by atoms with E-state index in [4.69, 9.17) is 9.29 Å². The molecule has 0 heterocycles. The van der Waals surface area contributed by atoms with Gasteiger partial charge < -0.3 is 5.11 Å². The van der Waals surface area contributed by atoms with Crippen LogP contribution in [0.15, 0.2) is 12.2 Å². The van der Waals surface area contributed by atoms with Gasteiger partial charge in [-0.15, -0.1) is 0 Å². The first-order chi connectivity index (χ1) is 5.47. The van der Waals surface area contributed by atoms with Crippen molar-refractivity contribution < 1.29 is 17.7 Å². The van der Waals surface area contributed by atoms with Crippen LogP contribution in [-0.4, -0.2) is 32.0 Å². The highest BCUT2D eigenvalue weighted by Crippen LogP contribution is 2.27. The minimum Gasteiger partial charge on any atom is -0.393 e. The summed E-state index contributed by atoms with van der Waals surface area (Å²) in [5.41, 5.74) is -0.992. The molecule has 0 saturated carbocycles. The summed E-state index contributed by atoms with van der Waals surface area (Å²) in [6, 6.07) is 0. The highest BCUT2D eigenvalue weighted by Gasteiger charge is 2.33. The molecular weight excluding hydrogens is 180 g/mol. The first-order valence-electron chi connectivity index (χ1n) is 3.67. The standard InChI is InChI=1S/C7H12O4S/c1-12(9,10)11-7(6-8)4-2-3-5-7/h2,4,8H,3,5-6H2,1H3/t7-/m0/s1. The van der Waals surface area contributed by atoms with Crippen molar-refractivity contribution in [3.8, 4) is 0 Å². The largest absolute Gasteiger partial charge is 0.393 e. The summed E-state index contributed by atoms with van der Waals surface area (Å²) in [4.78, 5) is 0. The second-order valence-electron chi connectivity index (χ2n) is 2.95. The topological polar surface area (TPSA) is 63.6 Å². The molecule has 1 aliphatic carbocycles. The first kappa shape index (κ1) is 9.70. The van der Waals surface area contributed by atoms with Crippen molar-refractivity contribution in [2.45, 2.75) is 18.4 Å². The van der Waals surface area contributed by atoms with Gasteiger partial charge in [-0.2, -0.15) is 8.42 Å². The highest BCUT2D eigenvalue weighted by molar-refractivity contribution is 7.86. The Morgan fingerprint density at radius 3 is 2.67 bits per heavy atom. The Morgan fingerprint density at radius 1 is 1.67 bits per heavy atom. The van der Waals surface area contributed by atoms with Crippen molar-refractivity contribution >= 4 is 10.1 Å². The molecule has 12 heavy (non-hydrogen) atoms. The van der Waals surface area contributed by atoms with Gasteiger partial charge in [0.25, 0.3) is 10.1 Å². The molecule has 0 radical (unpaired) electrons. The van der Waals surface area contributed by atoms with Gasteiger partial charge in [-0.05, 0) is 12.8 Å². The fourth-order valence-electron chi connectivity index (χ4n) is 1.24. The summed E-state index contributed by atoms with van der Waals surface area (Å²) < 4.78 is 26.3. The molecule has 1 atom stereocenters. The van der Waals surface area contributed by atoms with Crippen molar-refractivity contribution in [2.75, 3.05) is 12.9 Å². The molecule has 0 unspecified atom stereocenters. The Bertz CT molecular complexity index is 280. The lowest BCUT2D eigenvalue weighted by Gasteiger charge is -2.22. The lowest BCUT2D eigenvalue weighted by atomic mass is 10.1. The average Bonchev–Trinajstić information content (AvgIpc) is 2.34. The molecule has 0 saturated heterocycles. The van der Waals surface area contributed by atoms with E-state index >= 15 is 0 Å². The number of aliphatic hydroxyl groups excluding tert-OH is 1. The van der Waals surface area contributed by atoms with Gasteiger partial charge in [0.15, 0.2) is 0 Å². The smallest absolute Gasteiger partial charge is 0.265 e.